The molecule has 0 radical (unpaired) electrons. The molecule has 8 heteroatoms. The Morgan fingerprint density at radius 2 is 2.29 bits per heavy atom. The minimum absolute atomic E-state index is 0.138. The standard InChI is InChI=1S/C13H20N2O5S/c16-8-11-3-4-13(20-11)21(17,18)14-6-12-7-15-5-1-2-10(15)9-19-12/h3-4,10,12,14,16H,1-2,5-9H2. The van der Waals surface area contributed by atoms with Gasteiger partial charge in [-0.25, -0.2) is 13.1 Å². The van der Waals surface area contributed by atoms with Crippen LogP contribution in [-0.4, -0.2) is 56.8 Å². The summed E-state index contributed by atoms with van der Waals surface area (Å²) in [5, 5.41) is 8.72. The second-order valence-electron chi connectivity index (χ2n) is 5.48. The molecule has 0 spiro atoms. The van der Waals surface area contributed by atoms with E-state index in [2.05, 4.69) is 9.62 Å². The van der Waals surface area contributed by atoms with Crippen molar-refractivity contribution in [1.29, 1.82) is 0 Å². The summed E-state index contributed by atoms with van der Waals surface area (Å²) in [6.07, 6.45) is 2.21. The quantitative estimate of drug-likeness (QED) is 0.789. The zero-order valence-corrected chi connectivity index (χ0v) is 12.5. The molecule has 3 rings (SSSR count). The fourth-order valence-corrected chi connectivity index (χ4v) is 3.88. The molecule has 0 amide bonds. The first-order chi connectivity index (χ1) is 10.1. The maximum absolute atomic E-state index is 12.1. The zero-order valence-electron chi connectivity index (χ0n) is 11.7. The second kappa shape index (κ2) is 6.05. The van der Waals surface area contributed by atoms with Crippen LogP contribution in [-0.2, 0) is 21.4 Å². The Kier molecular flexibility index (Phi) is 4.32. The molecule has 21 heavy (non-hydrogen) atoms. The lowest BCUT2D eigenvalue weighted by atomic mass is 10.2. The van der Waals surface area contributed by atoms with Gasteiger partial charge < -0.3 is 14.3 Å². The van der Waals surface area contributed by atoms with Crippen LogP contribution in [0.5, 0.6) is 0 Å². The first kappa shape index (κ1) is 15.0. The van der Waals surface area contributed by atoms with Crippen molar-refractivity contribution in [2.75, 3.05) is 26.2 Å². The maximum atomic E-state index is 12.1. The van der Waals surface area contributed by atoms with Gasteiger partial charge in [0, 0.05) is 19.1 Å². The molecular formula is C13H20N2O5S. The van der Waals surface area contributed by atoms with Crippen molar-refractivity contribution in [3.05, 3.63) is 17.9 Å². The van der Waals surface area contributed by atoms with E-state index in [0.29, 0.717) is 12.6 Å². The smallest absolute Gasteiger partial charge is 0.274 e. The third-order valence-corrected chi connectivity index (χ3v) is 5.32. The Balaban J connectivity index is 1.56. The van der Waals surface area contributed by atoms with Crippen LogP contribution in [0.25, 0.3) is 0 Å². The summed E-state index contributed by atoms with van der Waals surface area (Å²) < 4.78 is 37.4. The van der Waals surface area contributed by atoms with E-state index < -0.39 is 10.0 Å². The minimum atomic E-state index is -3.70. The number of furan rings is 1. The summed E-state index contributed by atoms with van der Waals surface area (Å²) in [6.45, 7) is 2.39. The van der Waals surface area contributed by atoms with Crippen LogP contribution in [0.3, 0.4) is 0 Å². The molecule has 2 aliphatic heterocycles. The Morgan fingerprint density at radius 3 is 3.05 bits per heavy atom. The molecule has 2 aliphatic rings. The number of aliphatic hydroxyl groups is 1. The number of hydrogen-bond acceptors (Lipinski definition) is 6. The molecule has 0 bridgehead atoms. The lowest BCUT2D eigenvalue weighted by Crippen LogP contribution is -2.50. The number of rotatable bonds is 5. The van der Waals surface area contributed by atoms with Gasteiger partial charge in [0.1, 0.15) is 12.4 Å². The van der Waals surface area contributed by atoms with Crippen LogP contribution in [0, 0.1) is 0 Å². The van der Waals surface area contributed by atoms with Crippen LogP contribution >= 0.6 is 0 Å². The van der Waals surface area contributed by atoms with Gasteiger partial charge in [0.2, 0.25) is 5.09 Å². The molecule has 0 aromatic carbocycles. The van der Waals surface area contributed by atoms with Crippen molar-refractivity contribution in [3.63, 3.8) is 0 Å². The minimum Gasteiger partial charge on any atom is -0.446 e. The van der Waals surface area contributed by atoms with Crippen molar-refractivity contribution < 1.29 is 22.7 Å². The second-order valence-corrected chi connectivity index (χ2v) is 7.18. The lowest BCUT2D eigenvalue weighted by Gasteiger charge is -2.35. The van der Waals surface area contributed by atoms with E-state index in [1.54, 1.807) is 0 Å². The summed E-state index contributed by atoms with van der Waals surface area (Å²) in [5.74, 6) is 0.226. The maximum Gasteiger partial charge on any atom is 0.274 e. The van der Waals surface area contributed by atoms with E-state index >= 15 is 0 Å². The van der Waals surface area contributed by atoms with Gasteiger partial charge in [-0.05, 0) is 31.5 Å². The van der Waals surface area contributed by atoms with Crippen molar-refractivity contribution >= 4 is 10.0 Å². The lowest BCUT2D eigenvalue weighted by molar-refractivity contribution is -0.0449. The molecular weight excluding hydrogens is 296 g/mol. The van der Waals surface area contributed by atoms with Crippen molar-refractivity contribution in [2.45, 2.75) is 36.7 Å². The Labute approximate surface area is 123 Å². The Bertz CT molecular complexity index is 585. The summed E-state index contributed by atoms with van der Waals surface area (Å²) >= 11 is 0. The van der Waals surface area contributed by atoms with E-state index in [9.17, 15) is 8.42 Å². The molecule has 2 unspecified atom stereocenters. The number of morpholine rings is 1. The van der Waals surface area contributed by atoms with Gasteiger partial charge in [-0.2, -0.15) is 0 Å². The average molecular weight is 316 g/mol. The zero-order chi connectivity index (χ0) is 14.9. The normalized spacial score (nSPS) is 26.9. The number of aliphatic hydroxyl groups excluding tert-OH is 1. The summed E-state index contributed by atoms with van der Waals surface area (Å²) in [6, 6.07) is 3.28. The van der Waals surface area contributed by atoms with Gasteiger partial charge in [0.05, 0.1) is 12.7 Å². The fourth-order valence-electron chi connectivity index (χ4n) is 2.87. The van der Waals surface area contributed by atoms with E-state index in [-0.39, 0.29) is 30.1 Å². The summed E-state index contributed by atoms with van der Waals surface area (Å²) in [4.78, 5) is 2.36. The SMILES string of the molecule is O=S(=O)(NCC1CN2CCCC2CO1)c1ccc(CO)o1. The van der Waals surface area contributed by atoms with Crippen molar-refractivity contribution in [1.82, 2.24) is 9.62 Å². The van der Waals surface area contributed by atoms with E-state index in [0.717, 1.165) is 19.5 Å². The Hall–Kier alpha value is -0.930. The highest BCUT2D eigenvalue weighted by Gasteiger charge is 2.32. The Morgan fingerprint density at radius 1 is 1.43 bits per heavy atom. The monoisotopic (exact) mass is 316 g/mol. The van der Waals surface area contributed by atoms with Crippen molar-refractivity contribution in [3.8, 4) is 0 Å². The third-order valence-electron chi connectivity index (χ3n) is 4.02. The van der Waals surface area contributed by atoms with Gasteiger partial charge in [-0.3, -0.25) is 4.90 Å². The molecule has 0 aliphatic carbocycles. The highest BCUT2D eigenvalue weighted by Crippen LogP contribution is 2.22. The number of ether oxygens (including phenoxy) is 1. The fraction of sp³-hybridized carbons (Fsp3) is 0.692. The average Bonchev–Trinajstić information content (AvgIpc) is 3.13. The highest BCUT2D eigenvalue weighted by molar-refractivity contribution is 7.89. The largest absolute Gasteiger partial charge is 0.446 e. The topological polar surface area (TPSA) is 92.0 Å². The van der Waals surface area contributed by atoms with E-state index in [4.69, 9.17) is 14.3 Å². The number of hydrogen-bond donors (Lipinski definition) is 2. The number of nitrogens with one attached hydrogen (secondary N) is 1. The molecule has 2 saturated heterocycles. The molecule has 1 aromatic heterocycles. The molecule has 7 nitrogen and oxygen atoms in total. The van der Waals surface area contributed by atoms with Gasteiger partial charge in [0.15, 0.2) is 0 Å². The van der Waals surface area contributed by atoms with Crippen LogP contribution in [0.2, 0.25) is 0 Å². The highest BCUT2D eigenvalue weighted by atomic mass is 32.2. The molecule has 0 saturated carbocycles. The van der Waals surface area contributed by atoms with Crippen LogP contribution in [0.4, 0.5) is 0 Å². The van der Waals surface area contributed by atoms with Gasteiger partial charge in [-0.15, -0.1) is 0 Å². The van der Waals surface area contributed by atoms with Crippen LogP contribution < -0.4 is 4.72 Å². The van der Waals surface area contributed by atoms with Gasteiger partial charge in [-0.1, -0.05) is 0 Å². The molecule has 2 fully saturated rings. The van der Waals surface area contributed by atoms with Crippen LogP contribution in [0.1, 0.15) is 18.6 Å². The predicted octanol–water partition coefficient (Wildman–Crippen LogP) is -0.0866. The number of nitrogens with zero attached hydrogens (tertiary/aromatic N) is 1. The van der Waals surface area contributed by atoms with Crippen LogP contribution in [0.15, 0.2) is 21.6 Å². The van der Waals surface area contributed by atoms with E-state index in [1.807, 2.05) is 0 Å². The van der Waals surface area contributed by atoms with E-state index in [1.165, 1.54) is 18.6 Å². The molecule has 118 valence electrons. The van der Waals surface area contributed by atoms with Gasteiger partial charge >= 0.3 is 0 Å². The van der Waals surface area contributed by atoms with Gasteiger partial charge in [0.25, 0.3) is 10.0 Å². The number of fused-ring (bicyclic) bond motifs is 1. The number of sulfonamides is 1. The summed E-state index contributed by atoms with van der Waals surface area (Å²) in [5.41, 5.74) is 0. The summed E-state index contributed by atoms with van der Waals surface area (Å²) in [7, 11) is -3.70. The molecule has 2 atom stereocenters. The molecule has 1 aromatic rings. The molecule has 2 N–H and O–H groups in total. The third kappa shape index (κ3) is 3.29. The first-order valence-electron chi connectivity index (χ1n) is 7.13. The van der Waals surface area contributed by atoms with Crippen molar-refractivity contribution in [2.24, 2.45) is 0 Å². The first-order valence-corrected chi connectivity index (χ1v) is 8.62. The predicted molar refractivity (Wildman–Crippen MR) is 74.2 cm³/mol. The molecule has 3 heterocycles.